The van der Waals surface area contributed by atoms with Crippen molar-refractivity contribution in [1.29, 1.82) is 0 Å². The minimum absolute atomic E-state index is 0.280. The van der Waals surface area contributed by atoms with E-state index in [4.69, 9.17) is 12.2 Å². The van der Waals surface area contributed by atoms with Crippen LogP contribution in [0.15, 0.2) is 48.5 Å². The van der Waals surface area contributed by atoms with Gasteiger partial charge in [0.15, 0.2) is 5.11 Å². The normalized spacial score (nSPS) is 15.3. The van der Waals surface area contributed by atoms with Crippen LogP contribution in [0.2, 0.25) is 0 Å². The van der Waals surface area contributed by atoms with Crippen LogP contribution in [-0.4, -0.2) is 41.1 Å². The minimum atomic E-state index is -0.280. The van der Waals surface area contributed by atoms with Crippen LogP contribution in [-0.2, 0) is 6.54 Å². The lowest BCUT2D eigenvalue weighted by Gasteiger charge is -2.36. The third-order valence-corrected chi connectivity index (χ3v) is 4.62. The van der Waals surface area contributed by atoms with Crippen LogP contribution < -0.4 is 5.32 Å². The van der Waals surface area contributed by atoms with Gasteiger partial charge in [0.05, 0.1) is 5.69 Å². The third-order valence-electron chi connectivity index (χ3n) is 4.26. The van der Waals surface area contributed by atoms with Gasteiger partial charge in [-0.15, -0.1) is 0 Å². The molecule has 1 N–H and O–H groups in total. The molecule has 126 valence electrons. The molecule has 0 atom stereocenters. The Morgan fingerprint density at radius 3 is 2.54 bits per heavy atom. The van der Waals surface area contributed by atoms with Gasteiger partial charge < -0.3 is 10.2 Å². The molecular formula is C19H22FN3S. The van der Waals surface area contributed by atoms with E-state index < -0.39 is 0 Å². The highest BCUT2D eigenvalue weighted by Gasteiger charge is 2.19. The number of rotatable bonds is 3. The van der Waals surface area contributed by atoms with Crippen molar-refractivity contribution in [3.8, 4) is 0 Å². The van der Waals surface area contributed by atoms with Gasteiger partial charge in [-0.2, -0.15) is 0 Å². The van der Waals surface area contributed by atoms with Crippen LogP contribution in [0.25, 0.3) is 0 Å². The zero-order chi connectivity index (χ0) is 16.9. The summed E-state index contributed by atoms with van der Waals surface area (Å²) >= 11 is 5.43. The lowest BCUT2D eigenvalue weighted by molar-refractivity contribution is 0.177. The van der Waals surface area contributed by atoms with E-state index >= 15 is 0 Å². The predicted molar refractivity (Wildman–Crippen MR) is 101 cm³/mol. The molecule has 1 saturated heterocycles. The summed E-state index contributed by atoms with van der Waals surface area (Å²) in [5.41, 5.74) is 3.07. The molecule has 0 aromatic heterocycles. The van der Waals surface area contributed by atoms with Gasteiger partial charge >= 0.3 is 0 Å². The Morgan fingerprint density at radius 2 is 1.83 bits per heavy atom. The van der Waals surface area contributed by atoms with E-state index in [0.29, 0.717) is 10.8 Å². The number of aryl methyl sites for hydroxylation is 1. The number of thiocarbonyl (C=S) groups is 1. The van der Waals surface area contributed by atoms with Crippen LogP contribution >= 0.6 is 12.2 Å². The number of hydrogen-bond donors (Lipinski definition) is 1. The second-order valence-electron chi connectivity index (χ2n) is 6.16. The van der Waals surface area contributed by atoms with Gasteiger partial charge in [-0.3, -0.25) is 4.90 Å². The molecule has 2 aromatic rings. The van der Waals surface area contributed by atoms with Gasteiger partial charge in [-0.05, 0) is 36.8 Å². The molecule has 0 saturated carbocycles. The van der Waals surface area contributed by atoms with Gasteiger partial charge in [0.25, 0.3) is 0 Å². The molecule has 24 heavy (non-hydrogen) atoms. The lowest BCUT2D eigenvalue weighted by atomic mass is 10.1. The lowest BCUT2D eigenvalue weighted by Crippen LogP contribution is -2.49. The zero-order valence-corrected chi connectivity index (χ0v) is 14.7. The molecule has 1 aliphatic heterocycles. The molecule has 5 heteroatoms. The molecule has 0 spiro atoms. The van der Waals surface area contributed by atoms with Gasteiger partial charge in [0.1, 0.15) is 5.82 Å². The van der Waals surface area contributed by atoms with Crippen LogP contribution in [0.1, 0.15) is 11.1 Å². The van der Waals surface area contributed by atoms with Gasteiger partial charge in [0.2, 0.25) is 0 Å². The monoisotopic (exact) mass is 343 g/mol. The summed E-state index contributed by atoms with van der Waals surface area (Å²) in [5, 5.41) is 3.61. The minimum Gasteiger partial charge on any atom is -0.346 e. The highest BCUT2D eigenvalue weighted by Crippen LogP contribution is 2.15. The van der Waals surface area contributed by atoms with Crippen LogP contribution in [0.3, 0.4) is 0 Å². The number of nitrogens with zero attached hydrogens (tertiary/aromatic N) is 2. The summed E-state index contributed by atoms with van der Waals surface area (Å²) in [6.07, 6.45) is 0. The molecule has 1 heterocycles. The fourth-order valence-corrected chi connectivity index (χ4v) is 3.23. The summed E-state index contributed by atoms with van der Waals surface area (Å²) in [7, 11) is 0. The van der Waals surface area contributed by atoms with Crippen molar-refractivity contribution in [1.82, 2.24) is 9.80 Å². The Kier molecular flexibility index (Phi) is 5.43. The van der Waals surface area contributed by atoms with Gasteiger partial charge in [-0.1, -0.05) is 42.0 Å². The standard InChI is InChI=1S/C19H22FN3S/c1-15-5-4-6-16(13-15)14-22-9-11-23(12-10-22)19(24)21-18-8-3-2-7-17(18)20/h2-8,13H,9-12,14H2,1H3,(H,21,24). The van der Waals surface area contributed by atoms with Crippen LogP contribution in [0.5, 0.6) is 0 Å². The second-order valence-corrected chi connectivity index (χ2v) is 6.55. The number of hydrogen-bond acceptors (Lipinski definition) is 2. The Labute approximate surface area is 148 Å². The SMILES string of the molecule is Cc1cccc(CN2CCN(C(=S)Nc3ccccc3F)CC2)c1. The van der Waals surface area contributed by atoms with E-state index in [1.54, 1.807) is 18.2 Å². The number of halogens is 1. The van der Waals surface area contributed by atoms with E-state index in [-0.39, 0.29) is 5.82 Å². The summed E-state index contributed by atoms with van der Waals surface area (Å²) < 4.78 is 13.7. The fraction of sp³-hybridized carbons (Fsp3) is 0.316. The maximum atomic E-state index is 13.7. The van der Waals surface area contributed by atoms with E-state index in [2.05, 4.69) is 46.3 Å². The van der Waals surface area contributed by atoms with Crippen molar-refractivity contribution in [3.05, 3.63) is 65.5 Å². The van der Waals surface area contributed by atoms with E-state index in [1.165, 1.54) is 17.2 Å². The predicted octanol–water partition coefficient (Wildman–Crippen LogP) is 3.65. The number of para-hydroxylation sites is 1. The number of anilines is 1. The quantitative estimate of drug-likeness (QED) is 0.857. The molecule has 1 aliphatic rings. The van der Waals surface area contributed by atoms with Crippen molar-refractivity contribution in [2.24, 2.45) is 0 Å². The first-order valence-electron chi connectivity index (χ1n) is 8.20. The Hall–Kier alpha value is -1.98. The molecule has 0 unspecified atom stereocenters. The highest BCUT2D eigenvalue weighted by molar-refractivity contribution is 7.80. The molecule has 0 radical (unpaired) electrons. The smallest absolute Gasteiger partial charge is 0.173 e. The van der Waals surface area contributed by atoms with Crippen molar-refractivity contribution in [3.63, 3.8) is 0 Å². The maximum absolute atomic E-state index is 13.7. The summed E-state index contributed by atoms with van der Waals surface area (Å²) in [5.74, 6) is -0.280. The topological polar surface area (TPSA) is 18.5 Å². The van der Waals surface area contributed by atoms with Crippen molar-refractivity contribution < 1.29 is 4.39 Å². The molecule has 2 aromatic carbocycles. The van der Waals surface area contributed by atoms with E-state index in [1.807, 2.05) is 0 Å². The van der Waals surface area contributed by atoms with Crippen molar-refractivity contribution in [2.45, 2.75) is 13.5 Å². The second kappa shape index (κ2) is 7.73. The number of piperazine rings is 1. The molecule has 0 aliphatic carbocycles. The average molecular weight is 343 g/mol. The summed E-state index contributed by atoms with van der Waals surface area (Å²) in [6, 6.07) is 15.2. The number of nitrogens with one attached hydrogen (secondary N) is 1. The molecule has 0 bridgehead atoms. The highest BCUT2D eigenvalue weighted by atomic mass is 32.1. The fourth-order valence-electron chi connectivity index (χ4n) is 2.93. The van der Waals surface area contributed by atoms with Gasteiger partial charge in [0, 0.05) is 32.7 Å². The van der Waals surface area contributed by atoms with Crippen LogP contribution in [0.4, 0.5) is 10.1 Å². The average Bonchev–Trinajstić information content (AvgIpc) is 2.57. The van der Waals surface area contributed by atoms with Crippen molar-refractivity contribution >= 4 is 23.0 Å². The van der Waals surface area contributed by atoms with E-state index in [9.17, 15) is 4.39 Å². The first-order valence-corrected chi connectivity index (χ1v) is 8.61. The molecular weight excluding hydrogens is 321 g/mol. The number of benzene rings is 2. The Balaban J connectivity index is 1.51. The Morgan fingerprint density at radius 1 is 1.08 bits per heavy atom. The molecule has 3 rings (SSSR count). The first-order chi connectivity index (χ1) is 11.6. The Bertz CT molecular complexity index is 711. The summed E-state index contributed by atoms with van der Waals surface area (Å²) in [6.45, 7) is 6.69. The molecule has 0 amide bonds. The molecule has 1 fully saturated rings. The first kappa shape index (κ1) is 16.9. The summed E-state index contributed by atoms with van der Waals surface area (Å²) in [4.78, 5) is 4.53. The third kappa shape index (κ3) is 4.30. The zero-order valence-electron chi connectivity index (χ0n) is 13.8. The van der Waals surface area contributed by atoms with Crippen LogP contribution in [0, 0.1) is 12.7 Å². The van der Waals surface area contributed by atoms with Gasteiger partial charge in [-0.25, -0.2) is 4.39 Å². The maximum Gasteiger partial charge on any atom is 0.173 e. The van der Waals surface area contributed by atoms with Crippen molar-refractivity contribution in [2.75, 3.05) is 31.5 Å². The molecule has 3 nitrogen and oxygen atoms in total. The van der Waals surface area contributed by atoms with E-state index in [0.717, 1.165) is 32.7 Å². The largest absolute Gasteiger partial charge is 0.346 e.